The standard InChI is InChI=1S/C22H21N5O2S/c1-15-6-8-16(9-7-15)25-20(28)13-30-22-26-19-5-3-2-4-18(19)21(29)27(22)11-10-17-12-23-14-24-17/h2-9,12,14H,10-11,13H2,1H3,(H,23,24)(H,25,28). The Labute approximate surface area is 177 Å². The Kier molecular flexibility index (Phi) is 5.94. The highest BCUT2D eigenvalue weighted by Gasteiger charge is 2.14. The number of aryl methyl sites for hydroxylation is 2. The van der Waals surface area contributed by atoms with Crippen LogP contribution >= 0.6 is 11.8 Å². The molecule has 0 aliphatic rings. The van der Waals surface area contributed by atoms with Gasteiger partial charge in [-0.25, -0.2) is 9.97 Å². The molecule has 2 aromatic heterocycles. The minimum atomic E-state index is -0.147. The number of fused-ring (bicyclic) bond motifs is 1. The number of hydrogen-bond donors (Lipinski definition) is 2. The number of carbonyl (C=O) groups excluding carboxylic acids is 1. The molecule has 0 radical (unpaired) electrons. The summed E-state index contributed by atoms with van der Waals surface area (Å²) in [6.45, 7) is 2.44. The van der Waals surface area contributed by atoms with Crippen molar-refractivity contribution in [2.24, 2.45) is 0 Å². The van der Waals surface area contributed by atoms with E-state index >= 15 is 0 Å². The number of nitrogens with one attached hydrogen (secondary N) is 2. The quantitative estimate of drug-likeness (QED) is 0.354. The van der Waals surface area contributed by atoms with Crippen LogP contribution in [-0.2, 0) is 17.8 Å². The Balaban J connectivity index is 1.55. The summed E-state index contributed by atoms with van der Waals surface area (Å²) in [5, 5.41) is 3.97. The first-order valence-corrected chi connectivity index (χ1v) is 10.5. The normalized spacial score (nSPS) is 11.0. The molecule has 0 aliphatic carbocycles. The Morgan fingerprint density at radius 2 is 1.97 bits per heavy atom. The number of aromatic amines is 1. The predicted octanol–water partition coefficient (Wildman–Crippen LogP) is 3.40. The summed E-state index contributed by atoms with van der Waals surface area (Å²) >= 11 is 1.26. The van der Waals surface area contributed by atoms with Crippen molar-refractivity contribution in [3.63, 3.8) is 0 Å². The number of rotatable bonds is 7. The van der Waals surface area contributed by atoms with E-state index in [1.54, 1.807) is 23.2 Å². The molecule has 0 saturated carbocycles. The van der Waals surface area contributed by atoms with Gasteiger partial charge < -0.3 is 10.3 Å². The second-order valence-electron chi connectivity index (χ2n) is 6.90. The molecule has 1 amide bonds. The monoisotopic (exact) mass is 419 g/mol. The molecule has 0 saturated heterocycles. The lowest BCUT2D eigenvalue weighted by Gasteiger charge is -2.13. The Morgan fingerprint density at radius 3 is 2.73 bits per heavy atom. The number of H-pyrrole nitrogens is 1. The van der Waals surface area contributed by atoms with E-state index in [1.165, 1.54) is 11.8 Å². The summed E-state index contributed by atoms with van der Waals surface area (Å²) < 4.78 is 1.63. The van der Waals surface area contributed by atoms with Crippen molar-refractivity contribution in [1.29, 1.82) is 0 Å². The van der Waals surface area contributed by atoms with Crippen molar-refractivity contribution in [3.8, 4) is 0 Å². The van der Waals surface area contributed by atoms with Crippen LogP contribution < -0.4 is 10.9 Å². The first kappa shape index (κ1) is 19.9. The van der Waals surface area contributed by atoms with E-state index < -0.39 is 0 Å². The third kappa shape index (κ3) is 4.60. The highest BCUT2D eigenvalue weighted by Crippen LogP contribution is 2.19. The van der Waals surface area contributed by atoms with Crippen LogP contribution in [0.15, 0.2) is 71.0 Å². The maximum absolute atomic E-state index is 13.1. The van der Waals surface area contributed by atoms with Crippen LogP contribution in [0.3, 0.4) is 0 Å². The molecule has 0 unspecified atom stereocenters. The van der Waals surface area contributed by atoms with Crippen LogP contribution in [0.4, 0.5) is 5.69 Å². The molecular formula is C22H21N5O2S. The fourth-order valence-corrected chi connectivity index (χ4v) is 3.90. The molecule has 8 heteroatoms. The van der Waals surface area contributed by atoms with Gasteiger partial charge in [0.25, 0.3) is 5.56 Å². The fraction of sp³-hybridized carbons (Fsp3) is 0.182. The number of para-hydroxylation sites is 1. The van der Waals surface area contributed by atoms with E-state index in [0.717, 1.165) is 16.9 Å². The average molecular weight is 420 g/mol. The van der Waals surface area contributed by atoms with Gasteiger partial charge in [-0.2, -0.15) is 0 Å². The maximum atomic E-state index is 13.1. The highest BCUT2D eigenvalue weighted by atomic mass is 32.2. The largest absolute Gasteiger partial charge is 0.348 e. The number of aromatic nitrogens is 4. The molecular weight excluding hydrogens is 398 g/mol. The molecule has 0 bridgehead atoms. The predicted molar refractivity (Wildman–Crippen MR) is 119 cm³/mol. The lowest BCUT2D eigenvalue weighted by Crippen LogP contribution is -2.25. The molecule has 152 valence electrons. The number of amides is 1. The molecule has 2 aromatic carbocycles. The minimum Gasteiger partial charge on any atom is -0.348 e. The molecule has 0 atom stereocenters. The smallest absolute Gasteiger partial charge is 0.262 e. The molecule has 0 aliphatic heterocycles. The highest BCUT2D eigenvalue weighted by molar-refractivity contribution is 7.99. The minimum absolute atomic E-state index is 0.110. The summed E-state index contributed by atoms with van der Waals surface area (Å²) in [5.74, 6) is 0.00860. The van der Waals surface area contributed by atoms with Crippen molar-refractivity contribution in [1.82, 2.24) is 19.5 Å². The van der Waals surface area contributed by atoms with Gasteiger partial charge in [0.1, 0.15) is 0 Å². The zero-order valence-electron chi connectivity index (χ0n) is 16.5. The third-order valence-corrected chi connectivity index (χ3v) is 5.63. The summed E-state index contributed by atoms with van der Waals surface area (Å²) in [4.78, 5) is 37.2. The first-order valence-electron chi connectivity index (χ1n) is 9.56. The molecule has 2 heterocycles. The van der Waals surface area contributed by atoms with Crippen LogP contribution in [0.1, 0.15) is 11.3 Å². The van der Waals surface area contributed by atoms with Crippen molar-refractivity contribution in [2.45, 2.75) is 25.0 Å². The van der Waals surface area contributed by atoms with Gasteiger partial charge in [0, 0.05) is 30.5 Å². The summed E-state index contributed by atoms with van der Waals surface area (Å²) in [7, 11) is 0. The van der Waals surface area contributed by atoms with Gasteiger partial charge in [0.05, 0.1) is 23.0 Å². The van der Waals surface area contributed by atoms with E-state index in [1.807, 2.05) is 49.4 Å². The number of carbonyl (C=O) groups is 1. The molecule has 4 aromatic rings. The van der Waals surface area contributed by atoms with Gasteiger partial charge >= 0.3 is 0 Å². The molecule has 2 N–H and O–H groups in total. The number of anilines is 1. The van der Waals surface area contributed by atoms with E-state index in [9.17, 15) is 9.59 Å². The summed E-state index contributed by atoms with van der Waals surface area (Å²) in [6, 6.07) is 14.9. The molecule has 30 heavy (non-hydrogen) atoms. The van der Waals surface area contributed by atoms with Gasteiger partial charge in [-0.15, -0.1) is 0 Å². The number of imidazole rings is 1. The van der Waals surface area contributed by atoms with Crippen LogP contribution in [0.25, 0.3) is 10.9 Å². The van der Waals surface area contributed by atoms with Crippen molar-refractivity contribution >= 4 is 34.3 Å². The van der Waals surface area contributed by atoms with Crippen molar-refractivity contribution < 1.29 is 4.79 Å². The Morgan fingerprint density at radius 1 is 1.17 bits per heavy atom. The second kappa shape index (κ2) is 8.96. The topological polar surface area (TPSA) is 92.7 Å². The third-order valence-electron chi connectivity index (χ3n) is 4.65. The molecule has 0 fully saturated rings. The van der Waals surface area contributed by atoms with E-state index in [4.69, 9.17) is 0 Å². The van der Waals surface area contributed by atoms with Crippen molar-refractivity contribution in [3.05, 3.63) is 82.7 Å². The SMILES string of the molecule is Cc1ccc(NC(=O)CSc2nc3ccccc3c(=O)n2CCc2cnc[nH]2)cc1. The zero-order chi connectivity index (χ0) is 20.9. The number of nitrogens with zero attached hydrogens (tertiary/aromatic N) is 3. The first-order chi connectivity index (χ1) is 14.6. The zero-order valence-corrected chi connectivity index (χ0v) is 17.3. The van der Waals surface area contributed by atoms with Crippen LogP contribution in [0.5, 0.6) is 0 Å². The van der Waals surface area contributed by atoms with Gasteiger partial charge in [-0.05, 0) is 31.2 Å². The average Bonchev–Trinajstić information content (AvgIpc) is 3.27. The van der Waals surface area contributed by atoms with Crippen LogP contribution in [0.2, 0.25) is 0 Å². The van der Waals surface area contributed by atoms with Gasteiger partial charge in [0.15, 0.2) is 5.16 Å². The number of benzene rings is 2. The molecule has 0 spiro atoms. The van der Waals surface area contributed by atoms with Gasteiger partial charge in [-0.1, -0.05) is 41.6 Å². The maximum Gasteiger partial charge on any atom is 0.262 e. The Hall–Kier alpha value is -3.39. The van der Waals surface area contributed by atoms with E-state index in [0.29, 0.717) is 29.0 Å². The lowest BCUT2D eigenvalue weighted by atomic mass is 10.2. The number of thioether (sulfide) groups is 1. The molecule has 7 nitrogen and oxygen atoms in total. The fourth-order valence-electron chi connectivity index (χ4n) is 3.07. The van der Waals surface area contributed by atoms with Crippen LogP contribution in [0, 0.1) is 6.92 Å². The second-order valence-corrected chi connectivity index (χ2v) is 7.84. The molecule has 4 rings (SSSR count). The number of hydrogen-bond acceptors (Lipinski definition) is 5. The summed E-state index contributed by atoms with van der Waals surface area (Å²) in [6.07, 6.45) is 3.96. The van der Waals surface area contributed by atoms with Gasteiger partial charge in [-0.3, -0.25) is 14.2 Å². The Bertz CT molecular complexity index is 1220. The van der Waals surface area contributed by atoms with Crippen molar-refractivity contribution in [2.75, 3.05) is 11.1 Å². The van der Waals surface area contributed by atoms with E-state index in [2.05, 4.69) is 20.3 Å². The summed E-state index contributed by atoms with van der Waals surface area (Å²) in [5.41, 5.74) is 3.32. The van der Waals surface area contributed by atoms with E-state index in [-0.39, 0.29) is 17.2 Å². The van der Waals surface area contributed by atoms with Gasteiger partial charge in [0.2, 0.25) is 5.91 Å². The van der Waals surface area contributed by atoms with Crippen LogP contribution in [-0.4, -0.2) is 31.2 Å². The lowest BCUT2D eigenvalue weighted by molar-refractivity contribution is -0.113.